The molecule has 0 aromatic carbocycles. The van der Waals surface area contributed by atoms with Crippen LogP contribution in [0.5, 0.6) is 0 Å². The fraction of sp³-hybridized carbons (Fsp3) is 0.529. The van der Waals surface area contributed by atoms with Crippen LogP contribution in [0.4, 0.5) is 5.95 Å². The van der Waals surface area contributed by atoms with Crippen molar-refractivity contribution in [1.29, 1.82) is 0 Å². The van der Waals surface area contributed by atoms with E-state index in [1.807, 2.05) is 4.90 Å². The van der Waals surface area contributed by atoms with Crippen LogP contribution in [0.1, 0.15) is 34.7 Å². The van der Waals surface area contributed by atoms with Gasteiger partial charge < -0.3 is 19.4 Å². The summed E-state index contributed by atoms with van der Waals surface area (Å²) in [6.45, 7) is 4.84. The maximum atomic E-state index is 12.7. The van der Waals surface area contributed by atoms with Crippen molar-refractivity contribution in [3.63, 3.8) is 0 Å². The number of aliphatic hydroxyl groups is 1. The first-order valence-corrected chi connectivity index (χ1v) is 8.32. The van der Waals surface area contributed by atoms with E-state index >= 15 is 0 Å². The quantitative estimate of drug-likeness (QED) is 0.889. The van der Waals surface area contributed by atoms with Gasteiger partial charge >= 0.3 is 0 Å². The van der Waals surface area contributed by atoms with Gasteiger partial charge in [-0.1, -0.05) is 5.16 Å². The van der Waals surface area contributed by atoms with E-state index in [2.05, 4.69) is 15.1 Å². The summed E-state index contributed by atoms with van der Waals surface area (Å²) in [5.74, 6) is 0.891. The number of rotatable bonds is 4. The number of aromatic nitrogens is 3. The summed E-state index contributed by atoms with van der Waals surface area (Å²) < 4.78 is 5.07. The van der Waals surface area contributed by atoms with Gasteiger partial charge in [-0.05, 0) is 32.8 Å². The highest BCUT2D eigenvalue weighted by Crippen LogP contribution is 2.25. The fourth-order valence-corrected chi connectivity index (χ4v) is 3.36. The number of β-amino-alcohol motifs (C(OH)–C–C–N with tert-alkyl or cyclic N) is 1. The predicted molar refractivity (Wildman–Crippen MR) is 91.4 cm³/mol. The van der Waals surface area contributed by atoms with Crippen molar-refractivity contribution in [2.24, 2.45) is 0 Å². The molecule has 1 fully saturated rings. The smallest absolute Gasteiger partial charge is 0.259 e. The van der Waals surface area contributed by atoms with Crippen LogP contribution in [0.3, 0.4) is 0 Å². The van der Waals surface area contributed by atoms with E-state index < -0.39 is 5.60 Å². The minimum atomic E-state index is -1.01. The molecule has 1 amide bonds. The maximum Gasteiger partial charge on any atom is 0.259 e. The van der Waals surface area contributed by atoms with E-state index in [1.54, 1.807) is 39.4 Å². The van der Waals surface area contributed by atoms with Crippen LogP contribution in [-0.2, 0) is 0 Å². The molecule has 0 aliphatic carbocycles. The number of amides is 1. The summed E-state index contributed by atoms with van der Waals surface area (Å²) in [6.07, 6.45) is 4.80. The molecule has 8 nitrogen and oxygen atoms in total. The van der Waals surface area contributed by atoms with Gasteiger partial charge in [-0.25, -0.2) is 9.97 Å². The highest BCUT2D eigenvalue weighted by molar-refractivity contribution is 5.96. The molecule has 1 aliphatic heterocycles. The molecule has 1 saturated heterocycles. The van der Waals surface area contributed by atoms with Gasteiger partial charge in [0, 0.05) is 26.0 Å². The second-order valence-corrected chi connectivity index (χ2v) is 6.66. The lowest BCUT2D eigenvalue weighted by Crippen LogP contribution is -2.55. The van der Waals surface area contributed by atoms with Gasteiger partial charge in [-0.2, -0.15) is 0 Å². The van der Waals surface area contributed by atoms with Crippen LogP contribution in [0, 0.1) is 13.8 Å². The average molecular weight is 345 g/mol. The Labute approximate surface area is 146 Å². The van der Waals surface area contributed by atoms with Crippen molar-refractivity contribution in [1.82, 2.24) is 20.0 Å². The van der Waals surface area contributed by atoms with E-state index in [0.29, 0.717) is 35.9 Å². The van der Waals surface area contributed by atoms with Gasteiger partial charge in [0.15, 0.2) is 0 Å². The largest absolute Gasteiger partial charge is 0.386 e. The Hall–Kier alpha value is -2.48. The Kier molecular flexibility index (Phi) is 4.71. The maximum absolute atomic E-state index is 12.7. The van der Waals surface area contributed by atoms with Gasteiger partial charge in [0.25, 0.3) is 5.91 Å². The third kappa shape index (κ3) is 3.63. The molecule has 2 aromatic heterocycles. The standard InChI is InChI=1S/C17H23N5O3/c1-12-14(13(2)25-20-12)15(23)21(3)10-17(24)6-4-9-22(11-17)16-18-7-5-8-19-16/h5,7-8,24H,4,6,9-11H2,1-3H3/t17-/m1/s1. The summed E-state index contributed by atoms with van der Waals surface area (Å²) in [6, 6.07) is 1.76. The Bertz CT molecular complexity index is 728. The number of piperidine rings is 1. The zero-order valence-electron chi connectivity index (χ0n) is 14.8. The topological polar surface area (TPSA) is 95.6 Å². The average Bonchev–Trinajstić information content (AvgIpc) is 2.93. The summed E-state index contributed by atoms with van der Waals surface area (Å²) in [7, 11) is 1.68. The molecular formula is C17H23N5O3. The molecule has 1 atom stereocenters. The summed E-state index contributed by atoms with van der Waals surface area (Å²) in [5, 5.41) is 14.9. The lowest BCUT2D eigenvalue weighted by atomic mass is 9.92. The van der Waals surface area contributed by atoms with Crippen molar-refractivity contribution in [2.45, 2.75) is 32.3 Å². The van der Waals surface area contributed by atoms with Crippen molar-refractivity contribution in [2.75, 3.05) is 31.6 Å². The highest BCUT2D eigenvalue weighted by Gasteiger charge is 2.37. The number of carbonyl (C=O) groups excluding carboxylic acids is 1. The fourth-order valence-electron chi connectivity index (χ4n) is 3.36. The van der Waals surface area contributed by atoms with Crippen molar-refractivity contribution >= 4 is 11.9 Å². The van der Waals surface area contributed by atoms with Crippen molar-refractivity contribution in [3.05, 3.63) is 35.5 Å². The molecule has 1 N–H and O–H groups in total. The second-order valence-electron chi connectivity index (χ2n) is 6.66. The molecule has 0 saturated carbocycles. The highest BCUT2D eigenvalue weighted by atomic mass is 16.5. The third-order valence-corrected chi connectivity index (χ3v) is 4.52. The first-order chi connectivity index (χ1) is 11.9. The van der Waals surface area contributed by atoms with Crippen molar-refractivity contribution in [3.8, 4) is 0 Å². The molecule has 134 valence electrons. The molecule has 3 heterocycles. The van der Waals surface area contributed by atoms with E-state index in [4.69, 9.17) is 4.52 Å². The van der Waals surface area contributed by atoms with Gasteiger partial charge in [0.05, 0.1) is 24.4 Å². The molecule has 25 heavy (non-hydrogen) atoms. The van der Waals surface area contributed by atoms with Crippen LogP contribution in [-0.4, -0.2) is 63.3 Å². The lowest BCUT2D eigenvalue weighted by molar-refractivity contribution is -0.000366. The van der Waals surface area contributed by atoms with E-state index in [9.17, 15) is 9.90 Å². The SMILES string of the molecule is Cc1noc(C)c1C(=O)N(C)C[C@]1(O)CCCN(c2ncccn2)C1. The van der Waals surface area contributed by atoms with E-state index in [0.717, 1.165) is 13.0 Å². The van der Waals surface area contributed by atoms with Gasteiger partial charge in [-0.15, -0.1) is 0 Å². The van der Waals surface area contributed by atoms with E-state index in [-0.39, 0.29) is 12.5 Å². The molecule has 0 spiro atoms. The first-order valence-electron chi connectivity index (χ1n) is 8.32. The normalized spacial score (nSPS) is 20.6. The number of likely N-dealkylation sites (N-methyl/N-ethyl adjacent to an activating group) is 1. The predicted octanol–water partition coefficient (Wildman–Crippen LogP) is 1.18. The molecular weight excluding hydrogens is 322 g/mol. The summed E-state index contributed by atoms with van der Waals surface area (Å²) in [5.41, 5.74) is 0.00958. The Morgan fingerprint density at radius 3 is 2.76 bits per heavy atom. The Morgan fingerprint density at radius 2 is 2.12 bits per heavy atom. The lowest BCUT2D eigenvalue weighted by Gasteiger charge is -2.41. The molecule has 0 bridgehead atoms. The minimum absolute atomic E-state index is 0.197. The van der Waals surface area contributed by atoms with Crippen LogP contribution in [0.15, 0.2) is 23.0 Å². The number of hydrogen-bond donors (Lipinski definition) is 1. The van der Waals surface area contributed by atoms with Crippen LogP contribution in [0.25, 0.3) is 0 Å². The first kappa shape index (κ1) is 17.3. The number of hydrogen-bond acceptors (Lipinski definition) is 7. The van der Waals surface area contributed by atoms with Crippen LogP contribution in [0.2, 0.25) is 0 Å². The molecule has 0 unspecified atom stereocenters. The number of carbonyl (C=O) groups is 1. The third-order valence-electron chi connectivity index (χ3n) is 4.52. The molecule has 3 rings (SSSR count). The van der Waals surface area contributed by atoms with E-state index in [1.165, 1.54) is 4.90 Å². The minimum Gasteiger partial charge on any atom is -0.386 e. The van der Waals surface area contributed by atoms with Crippen LogP contribution < -0.4 is 4.90 Å². The van der Waals surface area contributed by atoms with Gasteiger partial charge in [0.1, 0.15) is 11.3 Å². The Balaban J connectivity index is 1.71. The number of nitrogens with zero attached hydrogens (tertiary/aromatic N) is 5. The second kappa shape index (κ2) is 6.79. The van der Waals surface area contributed by atoms with Gasteiger partial charge in [0.2, 0.25) is 5.95 Å². The van der Waals surface area contributed by atoms with Gasteiger partial charge in [-0.3, -0.25) is 4.79 Å². The Morgan fingerprint density at radius 1 is 1.40 bits per heavy atom. The number of anilines is 1. The monoisotopic (exact) mass is 345 g/mol. The molecule has 8 heteroatoms. The molecule has 2 aromatic rings. The zero-order valence-corrected chi connectivity index (χ0v) is 14.8. The number of aryl methyl sites for hydroxylation is 2. The van der Waals surface area contributed by atoms with Crippen molar-refractivity contribution < 1.29 is 14.4 Å². The zero-order chi connectivity index (χ0) is 18.0. The summed E-state index contributed by atoms with van der Waals surface area (Å²) >= 11 is 0. The summed E-state index contributed by atoms with van der Waals surface area (Å²) in [4.78, 5) is 24.7. The molecule has 0 radical (unpaired) electrons. The molecule has 1 aliphatic rings. The van der Waals surface area contributed by atoms with Crippen LogP contribution >= 0.6 is 0 Å².